The number of thiophene rings is 1. The predicted octanol–water partition coefficient (Wildman–Crippen LogP) is 2.17. The van der Waals surface area contributed by atoms with Crippen LogP contribution in [0.5, 0.6) is 0 Å². The van der Waals surface area contributed by atoms with Crippen LogP contribution >= 0.6 is 11.3 Å². The van der Waals surface area contributed by atoms with E-state index in [1.54, 1.807) is 11.3 Å². The molecule has 0 saturated carbocycles. The molecule has 0 radical (unpaired) electrons. The lowest BCUT2D eigenvalue weighted by atomic mass is 10.1. The van der Waals surface area contributed by atoms with Gasteiger partial charge in [-0.2, -0.15) is 0 Å². The number of aryl methyl sites for hydroxylation is 2. The third-order valence-electron chi connectivity index (χ3n) is 4.41. The minimum absolute atomic E-state index is 0.155. The Balaban J connectivity index is 1.81. The highest BCUT2D eigenvalue weighted by molar-refractivity contribution is 7.12. The van der Waals surface area contributed by atoms with Gasteiger partial charge in [0, 0.05) is 39.1 Å². The van der Waals surface area contributed by atoms with E-state index in [0.717, 1.165) is 35.8 Å². The number of piperazine rings is 1. The molecule has 0 bridgehead atoms. The molecular formula is C16H22N4OS. The molecule has 118 valence electrons. The number of likely N-dealkylation sites (N-methyl/N-ethyl adjacent to an activating group) is 1. The van der Waals surface area contributed by atoms with E-state index in [-0.39, 0.29) is 11.9 Å². The molecule has 0 aromatic carbocycles. The van der Waals surface area contributed by atoms with Gasteiger partial charge in [-0.1, -0.05) is 6.92 Å². The van der Waals surface area contributed by atoms with Crippen LogP contribution in [0.1, 0.15) is 34.0 Å². The van der Waals surface area contributed by atoms with Gasteiger partial charge >= 0.3 is 0 Å². The summed E-state index contributed by atoms with van der Waals surface area (Å²) in [6.45, 7) is 4.44. The lowest BCUT2D eigenvalue weighted by Gasteiger charge is -2.39. The third-order valence-corrected chi connectivity index (χ3v) is 5.36. The van der Waals surface area contributed by atoms with Crippen molar-refractivity contribution in [3.63, 3.8) is 0 Å². The van der Waals surface area contributed by atoms with Crippen LogP contribution in [0.4, 0.5) is 0 Å². The summed E-state index contributed by atoms with van der Waals surface area (Å²) < 4.78 is 2.04. The number of hydrogen-bond donors (Lipinski definition) is 0. The van der Waals surface area contributed by atoms with Crippen molar-refractivity contribution < 1.29 is 4.79 Å². The van der Waals surface area contributed by atoms with E-state index >= 15 is 0 Å². The molecule has 2 aromatic rings. The van der Waals surface area contributed by atoms with Crippen LogP contribution in [0.15, 0.2) is 23.8 Å². The highest BCUT2D eigenvalue weighted by Gasteiger charge is 2.31. The SMILES string of the molecule is CCc1ccsc1C(=O)N1CCN(C)[C@H](c2nccn2C)C1. The summed E-state index contributed by atoms with van der Waals surface area (Å²) in [4.78, 5) is 22.5. The maximum atomic E-state index is 12.8. The Kier molecular flexibility index (Phi) is 4.31. The summed E-state index contributed by atoms with van der Waals surface area (Å²) in [7, 11) is 4.11. The monoisotopic (exact) mass is 318 g/mol. The lowest BCUT2D eigenvalue weighted by Crippen LogP contribution is -2.49. The van der Waals surface area contributed by atoms with Gasteiger partial charge in [0.15, 0.2) is 0 Å². The van der Waals surface area contributed by atoms with Crippen LogP contribution in [-0.2, 0) is 13.5 Å². The molecule has 1 atom stereocenters. The minimum Gasteiger partial charge on any atom is -0.337 e. The highest BCUT2D eigenvalue weighted by Crippen LogP contribution is 2.26. The van der Waals surface area contributed by atoms with Gasteiger partial charge in [0.05, 0.1) is 10.9 Å². The largest absolute Gasteiger partial charge is 0.337 e. The van der Waals surface area contributed by atoms with Gasteiger partial charge in [0.2, 0.25) is 0 Å². The van der Waals surface area contributed by atoms with Crippen molar-refractivity contribution >= 4 is 17.2 Å². The van der Waals surface area contributed by atoms with Crippen LogP contribution in [0.2, 0.25) is 0 Å². The number of aromatic nitrogens is 2. The van der Waals surface area contributed by atoms with Crippen molar-refractivity contribution in [1.29, 1.82) is 0 Å². The third kappa shape index (κ3) is 2.68. The van der Waals surface area contributed by atoms with E-state index < -0.39 is 0 Å². The first-order valence-corrected chi connectivity index (χ1v) is 8.53. The van der Waals surface area contributed by atoms with Gasteiger partial charge in [-0.05, 0) is 30.5 Å². The fourth-order valence-electron chi connectivity index (χ4n) is 2.98. The Labute approximate surface area is 135 Å². The van der Waals surface area contributed by atoms with Gasteiger partial charge < -0.3 is 9.47 Å². The molecule has 1 fully saturated rings. The molecule has 1 aliphatic rings. The van der Waals surface area contributed by atoms with E-state index in [9.17, 15) is 4.79 Å². The highest BCUT2D eigenvalue weighted by atomic mass is 32.1. The molecule has 0 spiro atoms. The number of amides is 1. The molecule has 22 heavy (non-hydrogen) atoms. The molecule has 3 heterocycles. The first-order valence-electron chi connectivity index (χ1n) is 7.65. The van der Waals surface area contributed by atoms with E-state index in [2.05, 4.69) is 29.9 Å². The molecule has 1 aliphatic heterocycles. The number of carbonyl (C=O) groups is 1. The molecule has 2 aromatic heterocycles. The average Bonchev–Trinajstić information content (AvgIpc) is 3.15. The van der Waals surface area contributed by atoms with Crippen LogP contribution in [-0.4, -0.2) is 51.9 Å². The molecule has 1 saturated heterocycles. The van der Waals surface area contributed by atoms with Crippen LogP contribution < -0.4 is 0 Å². The van der Waals surface area contributed by atoms with Gasteiger partial charge in [0.1, 0.15) is 5.82 Å². The van der Waals surface area contributed by atoms with Crippen LogP contribution in [0.3, 0.4) is 0 Å². The average molecular weight is 318 g/mol. The van der Waals surface area contributed by atoms with E-state index in [1.165, 1.54) is 0 Å². The number of imidazole rings is 1. The Bertz CT molecular complexity index is 663. The topological polar surface area (TPSA) is 41.4 Å². The number of carbonyl (C=O) groups excluding carboxylic acids is 1. The predicted molar refractivity (Wildman–Crippen MR) is 88.2 cm³/mol. The Morgan fingerprint density at radius 1 is 1.41 bits per heavy atom. The molecule has 0 N–H and O–H groups in total. The van der Waals surface area contributed by atoms with E-state index in [4.69, 9.17) is 0 Å². The van der Waals surface area contributed by atoms with Crippen molar-refractivity contribution in [2.45, 2.75) is 19.4 Å². The fraction of sp³-hybridized carbons (Fsp3) is 0.500. The Morgan fingerprint density at radius 3 is 2.91 bits per heavy atom. The van der Waals surface area contributed by atoms with Gasteiger partial charge in [-0.3, -0.25) is 9.69 Å². The summed E-state index contributed by atoms with van der Waals surface area (Å²) in [5.41, 5.74) is 1.16. The molecule has 3 rings (SSSR count). The molecular weight excluding hydrogens is 296 g/mol. The standard InChI is InChI=1S/C16H22N4OS/c1-4-12-5-10-22-14(12)16(21)20-9-8-18(2)13(11-20)15-17-6-7-19(15)3/h5-7,10,13H,4,8-9,11H2,1-3H3/t13-/m0/s1. The quantitative estimate of drug-likeness (QED) is 0.871. The maximum absolute atomic E-state index is 12.8. The van der Waals surface area contributed by atoms with E-state index in [0.29, 0.717) is 6.54 Å². The van der Waals surface area contributed by atoms with Crippen LogP contribution in [0.25, 0.3) is 0 Å². The van der Waals surface area contributed by atoms with Crippen molar-refractivity contribution in [3.05, 3.63) is 40.1 Å². The summed E-state index contributed by atoms with van der Waals surface area (Å²) in [6.07, 6.45) is 4.68. The second-order valence-electron chi connectivity index (χ2n) is 5.77. The smallest absolute Gasteiger partial charge is 0.264 e. The van der Waals surface area contributed by atoms with Crippen molar-refractivity contribution in [1.82, 2.24) is 19.4 Å². The second-order valence-corrected chi connectivity index (χ2v) is 6.69. The zero-order valence-corrected chi connectivity index (χ0v) is 14.1. The Hall–Kier alpha value is -1.66. The molecule has 1 amide bonds. The first kappa shape index (κ1) is 15.2. The molecule has 5 nitrogen and oxygen atoms in total. The molecule has 0 unspecified atom stereocenters. The normalized spacial score (nSPS) is 19.6. The summed E-state index contributed by atoms with van der Waals surface area (Å²) >= 11 is 1.55. The molecule has 0 aliphatic carbocycles. The summed E-state index contributed by atoms with van der Waals surface area (Å²) in [5.74, 6) is 1.18. The van der Waals surface area contributed by atoms with Crippen molar-refractivity contribution in [2.24, 2.45) is 7.05 Å². The number of nitrogens with zero attached hydrogens (tertiary/aromatic N) is 4. The Morgan fingerprint density at radius 2 is 2.23 bits per heavy atom. The fourth-order valence-corrected chi connectivity index (χ4v) is 3.94. The van der Waals surface area contributed by atoms with Gasteiger partial charge in [0.25, 0.3) is 5.91 Å². The number of rotatable bonds is 3. The number of hydrogen-bond acceptors (Lipinski definition) is 4. The zero-order valence-electron chi connectivity index (χ0n) is 13.3. The van der Waals surface area contributed by atoms with Crippen molar-refractivity contribution in [2.75, 3.05) is 26.7 Å². The second kappa shape index (κ2) is 6.22. The minimum atomic E-state index is 0.155. The first-order chi connectivity index (χ1) is 10.6. The lowest BCUT2D eigenvalue weighted by molar-refractivity contribution is 0.0532. The van der Waals surface area contributed by atoms with Crippen LogP contribution in [0, 0.1) is 0 Å². The van der Waals surface area contributed by atoms with Gasteiger partial charge in [-0.25, -0.2) is 4.98 Å². The zero-order chi connectivity index (χ0) is 15.7. The van der Waals surface area contributed by atoms with E-state index in [1.807, 2.05) is 34.3 Å². The summed E-state index contributed by atoms with van der Waals surface area (Å²) in [5, 5.41) is 2.01. The van der Waals surface area contributed by atoms with Gasteiger partial charge in [-0.15, -0.1) is 11.3 Å². The maximum Gasteiger partial charge on any atom is 0.264 e. The summed E-state index contributed by atoms with van der Waals surface area (Å²) in [6, 6.07) is 2.22. The molecule has 6 heteroatoms. The van der Waals surface area contributed by atoms with Crippen molar-refractivity contribution in [3.8, 4) is 0 Å².